The van der Waals surface area contributed by atoms with Crippen LogP contribution in [0.15, 0.2) is 64.4 Å². The van der Waals surface area contributed by atoms with Crippen LogP contribution in [0.4, 0.5) is 0 Å². The zero-order valence-corrected chi connectivity index (χ0v) is 15.4. The predicted molar refractivity (Wildman–Crippen MR) is 103 cm³/mol. The van der Waals surface area contributed by atoms with Crippen molar-refractivity contribution in [2.24, 2.45) is 0 Å². The summed E-state index contributed by atoms with van der Waals surface area (Å²) in [6.07, 6.45) is 3.06. The summed E-state index contributed by atoms with van der Waals surface area (Å²) in [6, 6.07) is 14.4. The number of para-hydroxylation sites is 1. The van der Waals surface area contributed by atoms with Crippen molar-refractivity contribution in [3.8, 4) is 5.75 Å². The second kappa shape index (κ2) is 8.86. The van der Waals surface area contributed by atoms with Crippen LogP contribution in [0.25, 0.3) is 6.08 Å². The van der Waals surface area contributed by atoms with Crippen molar-refractivity contribution in [2.75, 3.05) is 0 Å². The fourth-order valence-electron chi connectivity index (χ4n) is 2.18. The Morgan fingerprint density at radius 1 is 1.11 bits per heavy atom. The van der Waals surface area contributed by atoms with Gasteiger partial charge in [-0.2, -0.15) is 0 Å². The van der Waals surface area contributed by atoms with E-state index in [1.807, 2.05) is 48.7 Å². The van der Waals surface area contributed by atoms with Gasteiger partial charge in [-0.3, -0.25) is 20.4 Å². The van der Waals surface area contributed by atoms with E-state index >= 15 is 0 Å². The van der Waals surface area contributed by atoms with E-state index in [1.165, 1.54) is 23.5 Å². The Hall–Kier alpha value is -3.32. The second-order valence-electron chi connectivity index (χ2n) is 5.61. The van der Waals surface area contributed by atoms with Gasteiger partial charge in [-0.05, 0) is 54.3 Å². The van der Waals surface area contributed by atoms with Crippen molar-refractivity contribution in [3.05, 3.63) is 81.9 Å². The summed E-state index contributed by atoms with van der Waals surface area (Å²) in [4.78, 5) is 24.8. The molecule has 27 heavy (non-hydrogen) atoms. The number of amides is 2. The lowest BCUT2D eigenvalue weighted by Gasteiger charge is -2.04. The van der Waals surface area contributed by atoms with E-state index in [1.54, 1.807) is 12.1 Å². The molecule has 0 aliphatic rings. The molecule has 138 valence electrons. The molecule has 6 nitrogen and oxygen atoms in total. The molecule has 2 aromatic heterocycles. The van der Waals surface area contributed by atoms with E-state index < -0.39 is 11.8 Å². The molecule has 3 rings (SSSR count). The highest BCUT2D eigenvalue weighted by molar-refractivity contribution is 7.11. The summed E-state index contributed by atoms with van der Waals surface area (Å²) in [5.74, 6) is 0.314. The van der Waals surface area contributed by atoms with Crippen molar-refractivity contribution >= 4 is 29.2 Å². The third-order valence-electron chi connectivity index (χ3n) is 3.60. The number of aryl methyl sites for hydroxylation is 1. The van der Waals surface area contributed by atoms with Crippen LogP contribution in [0.5, 0.6) is 5.75 Å². The molecule has 0 fully saturated rings. The quantitative estimate of drug-likeness (QED) is 0.503. The van der Waals surface area contributed by atoms with Crippen LogP contribution in [-0.4, -0.2) is 11.8 Å². The summed E-state index contributed by atoms with van der Waals surface area (Å²) >= 11 is 1.54. The van der Waals surface area contributed by atoms with Crippen LogP contribution in [0.2, 0.25) is 0 Å². The van der Waals surface area contributed by atoms with E-state index in [0.29, 0.717) is 11.5 Å². The highest BCUT2D eigenvalue weighted by Crippen LogP contribution is 2.17. The Kier molecular flexibility index (Phi) is 6.06. The average Bonchev–Trinajstić information content (AvgIpc) is 3.32. The monoisotopic (exact) mass is 382 g/mol. The van der Waals surface area contributed by atoms with Gasteiger partial charge in [0, 0.05) is 11.0 Å². The predicted octanol–water partition coefficient (Wildman–Crippen LogP) is 3.70. The maximum absolute atomic E-state index is 12.0. The zero-order chi connectivity index (χ0) is 19.1. The lowest BCUT2D eigenvalue weighted by molar-refractivity contribution is -0.117. The highest BCUT2D eigenvalue weighted by Gasteiger charge is 2.12. The van der Waals surface area contributed by atoms with E-state index in [2.05, 4.69) is 10.9 Å². The minimum Gasteiger partial charge on any atom is -0.486 e. The molecular formula is C20H18N2O4S. The summed E-state index contributed by atoms with van der Waals surface area (Å²) in [6.45, 7) is 2.17. The normalized spacial score (nSPS) is 10.7. The number of nitrogens with one attached hydrogen (secondary N) is 2. The number of hydrazine groups is 1. The molecular weight excluding hydrogens is 364 g/mol. The van der Waals surface area contributed by atoms with E-state index in [-0.39, 0.29) is 12.4 Å². The number of ether oxygens (including phenoxy) is 1. The molecule has 2 amide bonds. The summed E-state index contributed by atoms with van der Waals surface area (Å²) in [7, 11) is 0. The van der Waals surface area contributed by atoms with Crippen molar-refractivity contribution in [1.82, 2.24) is 10.9 Å². The van der Waals surface area contributed by atoms with Crippen molar-refractivity contribution in [2.45, 2.75) is 13.5 Å². The lowest BCUT2D eigenvalue weighted by Crippen LogP contribution is -2.40. The van der Waals surface area contributed by atoms with Gasteiger partial charge in [0.25, 0.3) is 5.91 Å². The number of furan rings is 1. The van der Waals surface area contributed by atoms with Gasteiger partial charge in [-0.1, -0.05) is 18.2 Å². The van der Waals surface area contributed by atoms with Crippen molar-refractivity contribution in [1.29, 1.82) is 0 Å². The van der Waals surface area contributed by atoms with Gasteiger partial charge in [0.05, 0.1) is 0 Å². The van der Waals surface area contributed by atoms with E-state index in [0.717, 1.165) is 10.4 Å². The number of carbonyl (C=O) groups is 2. The molecule has 3 aromatic rings. The second-order valence-corrected chi connectivity index (χ2v) is 6.56. The maximum atomic E-state index is 12.0. The van der Waals surface area contributed by atoms with Crippen LogP contribution in [0.1, 0.15) is 26.8 Å². The molecule has 0 unspecified atom stereocenters. The Morgan fingerprint density at radius 2 is 1.93 bits per heavy atom. The Morgan fingerprint density at radius 3 is 2.67 bits per heavy atom. The molecule has 1 aromatic carbocycles. The number of hydrogen-bond acceptors (Lipinski definition) is 5. The molecule has 0 bridgehead atoms. The van der Waals surface area contributed by atoms with Crippen molar-refractivity contribution < 1.29 is 18.7 Å². The van der Waals surface area contributed by atoms with Crippen LogP contribution >= 0.6 is 11.3 Å². The first-order valence-electron chi connectivity index (χ1n) is 8.21. The van der Waals surface area contributed by atoms with Gasteiger partial charge < -0.3 is 9.15 Å². The first-order valence-corrected chi connectivity index (χ1v) is 9.09. The molecule has 0 aliphatic heterocycles. The van der Waals surface area contributed by atoms with Gasteiger partial charge in [0.2, 0.25) is 0 Å². The molecule has 2 heterocycles. The number of carbonyl (C=O) groups excluding carboxylic acids is 2. The third kappa shape index (κ3) is 5.32. The smallest absolute Gasteiger partial charge is 0.305 e. The minimum atomic E-state index is -0.546. The van der Waals surface area contributed by atoms with E-state index in [9.17, 15) is 9.59 Å². The lowest BCUT2D eigenvalue weighted by atomic mass is 10.3. The van der Waals surface area contributed by atoms with Gasteiger partial charge in [0.1, 0.15) is 18.1 Å². The van der Waals surface area contributed by atoms with E-state index in [4.69, 9.17) is 9.15 Å². The van der Waals surface area contributed by atoms with Gasteiger partial charge >= 0.3 is 5.91 Å². The molecule has 7 heteroatoms. The molecule has 0 atom stereocenters. The first kappa shape index (κ1) is 18.5. The number of thiophene rings is 1. The van der Waals surface area contributed by atoms with Crippen LogP contribution in [0, 0.1) is 6.92 Å². The number of rotatable bonds is 6. The fraction of sp³-hybridized carbons (Fsp3) is 0.100. The number of benzene rings is 1. The summed E-state index contributed by atoms with van der Waals surface area (Å²) in [5.41, 5.74) is 5.72. The Balaban J connectivity index is 1.47. The van der Waals surface area contributed by atoms with Gasteiger partial charge in [-0.15, -0.1) is 11.3 Å². The molecule has 0 saturated heterocycles. The van der Waals surface area contributed by atoms with Crippen LogP contribution < -0.4 is 15.6 Å². The largest absolute Gasteiger partial charge is 0.486 e. The Labute approximate surface area is 160 Å². The fourth-order valence-corrected chi connectivity index (χ4v) is 3.00. The summed E-state index contributed by atoms with van der Waals surface area (Å²) < 4.78 is 11.0. The topological polar surface area (TPSA) is 80.6 Å². The molecule has 0 spiro atoms. The van der Waals surface area contributed by atoms with Crippen LogP contribution in [-0.2, 0) is 11.4 Å². The highest BCUT2D eigenvalue weighted by atomic mass is 32.1. The molecule has 2 N–H and O–H groups in total. The minimum absolute atomic E-state index is 0.0834. The summed E-state index contributed by atoms with van der Waals surface area (Å²) in [5, 5.41) is 1.95. The zero-order valence-electron chi connectivity index (χ0n) is 14.6. The maximum Gasteiger partial charge on any atom is 0.305 e. The SMILES string of the molecule is Cc1ccsc1/C=C/C(=O)NNC(=O)c1ccc(COc2ccccc2)o1. The molecule has 0 saturated carbocycles. The third-order valence-corrected chi connectivity index (χ3v) is 4.58. The molecule has 0 aliphatic carbocycles. The van der Waals surface area contributed by atoms with Gasteiger partial charge in [-0.25, -0.2) is 0 Å². The first-order chi connectivity index (χ1) is 13.1. The molecule has 0 radical (unpaired) electrons. The Bertz CT molecular complexity index is 944. The number of hydrogen-bond donors (Lipinski definition) is 2. The van der Waals surface area contributed by atoms with Crippen LogP contribution in [0.3, 0.4) is 0 Å². The standard InChI is InChI=1S/C20H18N2O4S/c1-14-11-12-27-18(14)9-10-19(23)21-22-20(24)17-8-7-16(26-17)13-25-15-5-3-2-4-6-15/h2-12H,13H2,1H3,(H,21,23)(H,22,24)/b10-9+. The van der Waals surface area contributed by atoms with Gasteiger partial charge in [0.15, 0.2) is 5.76 Å². The average molecular weight is 382 g/mol. The van der Waals surface area contributed by atoms with Crippen molar-refractivity contribution in [3.63, 3.8) is 0 Å².